The Bertz CT molecular complexity index is 639. The van der Waals surface area contributed by atoms with Gasteiger partial charge in [-0.1, -0.05) is 12.1 Å². The molecule has 1 aliphatic rings. The van der Waals surface area contributed by atoms with E-state index in [0.29, 0.717) is 11.8 Å². The van der Waals surface area contributed by atoms with Crippen molar-refractivity contribution in [2.24, 2.45) is 0 Å². The Balaban J connectivity index is 1.49. The van der Waals surface area contributed by atoms with Crippen LogP contribution in [0, 0.1) is 0 Å². The summed E-state index contributed by atoms with van der Waals surface area (Å²) in [5, 5.41) is 0. The van der Waals surface area contributed by atoms with E-state index >= 15 is 0 Å². The summed E-state index contributed by atoms with van der Waals surface area (Å²) in [6.07, 6.45) is 12.7. The van der Waals surface area contributed by atoms with Gasteiger partial charge in [0.2, 0.25) is 11.8 Å². The second kappa shape index (κ2) is 10.4. The molecule has 2 aromatic rings. The SMILES string of the molecule is COc1ccc(CCC[N+]2(CCCc3ccc(OC)nc3)CCCCC2)cn1. The fourth-order valence-electron chi connectivity index (χ4n) is 4.34. The lowest BCUT2D eigenvalue weighted by atomic mass is 10.0. The van der Waals surface area contributed by atoms with Crippen molar-refractivity contribution in [3.05, 3.63) is 47.8 Å². The van der Waals surface area contributed by atoms with Crippen molar-refractivity contribution in [2.75, 3.05) is 40.4 Å². The third-order valence-corrected chi connectivity index (χ3v) is 5.97. The van der Waals surface area contributed by atoms with Gasteiger partial charge in [0.25, 0.3) is 0 Å². The minimum Gasteiger partial charge on any atom is -0.481 e. The highest BCUT2D eigenvalue weighted by Gasteiger charge is 2.28. The van der Waals surface area contributed by atoms with Crippen molar-refractivity contribution >= 4 is 0 Å². The van der Waals surface area contributed by atoms with Gasteiger partial charge in [0, 0.05) is 37.4 Å². The van der Waals surface area contributed by atoms with Gasteiger partial charge in [0.1, 0.15) is 0 Å². The predicted molar refractivity (Wildman–Crippen MR) is 112 cm³/mol. The second-order valence-corrected chi connectivity index (χ2v) is 7.92. The van der Waals surface area contributed by atoms with E-state index in [-0.39, 0.29) is 0 Å². The summed E-state index contributed by atoms with van der Waals surface area (Å²) >= 11 is 0. The maximum Gasteiger partial charge on any atom is 0.212 e. The average Bonchev–Trinajstić information content (AvgIpc) is 2.75. The summed E-state index contributed by atoms with van der Waals surface area (Å²) in [4.78, 5) is 8.67. The summed E-state index contributed by atoms with van der Waals surface area (Å²) in [5.41, 5.74) is 2.61. The summed E-state index contributed by atoms with van der Waals surface area (Å²) in [5.74, 6) is 1.38. The topological polar surface area (TPSA) is 44.2 Å². The maximum absolute atomic E-state index is 5.15. The first kappa shape index (κ1) is 20.6. The molecular weight excluding hydrogens is 350 g/mol. The Hall–Kier alpha value is -2.14. The summed E-state index contributed by atoms with van der Waals surface area (Å²) in [6.45, 7) is 5.21. The Labute approximate surface area is 169 Å². The van der Waals surface area contributed by atoms with E-state index in [4.69, 9.17) is 9.47 Å². The molecule has 0 saturated carbocycles. The van der Waals surface area contributed by atoms with E-state index in [9.17, 15) is 0 Å². The van der Waals surface area contributed by atoms with Crippen molar-refractivity contribution in [1.29, 1.82) is 0 Å². The zero-order valence-electron chi connectivity index (χ0n) is 17.4. The van der Waals surface area contributed by atoms with Crippen LogP contribution in [0.1, 0.15) is 43.2 Å². The van der Waals surface area contributed by atoms with Crippen LogP contribution in [-0.2, 0) is 12.8 Å². The predicted octanol–water partition coefficient (Wildman–Crippen LogP) is 4.06. The lowest BCUT2D eigenvalue weighted by Gasteiger charge is -2.42. The van der Waals surface area contributed by atoms with Crippen molar-refractivity contribution < 1.29 is 14.0 Å². The molecular formula is C23H34N3O2+. The number of aryl methyl sites for hydroxylation is 2. The summed E-state index contributed by atoms with van der Waals surface area (Å²) in [7, 11) is 3.32. The first-order valence-electron chi connectivity index (χ1n) is 10.6. The molecule has 1 fully saturated rings. The van der Waals surface area contributed by atoms with E-state index in [1.54, 1.807) is 14.2 Å². The molecule has 0 bridgehead atoms. The van der Waals surface area contributed by atoms with Crippen LogP contribution in [0.25, 0.3) is 0 Å². The van der Waals surface area contributed by atoms with E-state index in [2.05, 4.69) is 22.1 Å². The number of hydrogen-bond acceptors (Lipinski definition) is 4. The number of likely N-dealkylation sites (tertiary alicyclic amines) is 1. The standard InChI is InChI=1S/C23H34N3O2/c1-27-22-12-10-20(18-24-22)8-6-16-26(14-4-3-5-15-26)17-7-9-21-11-13-23(28-2)25-19-21/h10-13,18-19H,3-9,14-17H2,1-2H3/q+1. The lowest BCUT2D eigenvalue weighted by Crippen LogP contribution is -2.52. The highest BCUT2D eigenvalue weighted by molar-refractivity contribution is 5.18. The van der Waals surface area contributed by atoms with Gasteiger partial charge in [-0.15, -0.1) is 0 Å². The summed E-state index contributed by atoms with van der Waals surface area (Å²) in [6, 6.07) is 8.21. The van der Waals surface area contributed by atoms with E-state index < -0.39 is 0 Å². The van der Waals surface area contributed by atoms with Crippen molar-refractivity contribution in [1.82, 2.24) is 9.97 Å². The molecule has 0 radical (unpaired) electrons. The molecule has 0 aliphatic carbocycles. The Kier molecular flexibility index (Phi) is 7.66. The zero-order valence-corrected chi connectivity index (χ0v) is 17.4. The first-order chi connectivity index (χ1) is 13.7. The largest absolute Gasteiger partial charge is 0.481 e. The highest BCUT2D eigenvalue weighted by atomic mass is 16.5. The van der Waals surface area contributed by atoms with Gasteiger partial charge in [-0.05, 0) is 43.2 Å². The Morgan fingerprint density at radius 1 is 0.750 bits per heavy atom. The molecule has 1 saturated heterocycles. The fraction of sp³-hybridized carbons (Fsp3) is 0.565. The molecule has 0 N–H and O–H groups in total. The second-order valence-electron chi connectivity index (χ2n) is 7.92. The molecule has 0 amide bonds. The Morgan fingerprint density at radius 2 is 1.25 bits per heavy atom. The number of hydrogen-bond donors (Lipinski definition) is 0. The van der Waals surface area contributed by atoms with Gasteiger partial charge < -0.3 is 14.0 Å². The van der Waals surface area contributed by atoms with Crippen LogP contribution in [0.3, 0.4) is 0 Å². The minimum absolute atomic E-state index is 0.691. The quantitative estimate of drug-likeness (QED) is 0.580. The van der Waals surface area contributed by atoms with E-state index in [1.807, 2.05) is 24.5 Å². The fourth-order valence-corrected chi connectivity index (χ4v) is 4.34. The molecule has 1 aliphatic heterocycles. The van der Waals surface area contributed by atoms with Crippen LogP contribution in [0.4, 0.5) is 0 Å². The number of piperidine rings is 1. The summed E-state index contributed by atoms with van der Waals surface area (Å²) < 4.78 is 11.6. The Morgan fingerprint density at radius 3 is 1.64 bits per heavy atom. The number of aromatic nitrogens is 2. The van der Waals surface area contributed by atoms with Gasteiger partial charge in [0.15, 0.2) is 0 Å². The van der Waals surface area contributed by atoms with Crippen molar-refractivity contribution in [2.45, 2.75) is 44.9 Å². The molecule has 0 atom stereocenters. The third kappa shape index (κ3) is 5.93. The molecule has 0 unspecified atom stereocenters. The van der Waals surface area contributed by atoms with Crippen LogP contribution < -0.4 is 9.47 Å². The number of nitrogens with zero attached hydrogens (tertiary/aromatic N) is 3. The van der Waals surface area contributed by atoms with Crippen LogP contribution >= 0.6 is 0 Å². The number of pyridine rings is 2. The molecule has 28 heavy (non-hydrogen) atoms. The maximum atomic E-state index is 5.15. The van der Waals surface area contributed by atoms with Crippen LogP contribution in [0.15, 0.2) is 36.7 Å². The van der Waals surface area contributed by atoms with Gasteiger partial charge >= 0.3 is 0 Å². The number of quaternary nitrogens is 1. The number of ether oxygens (including phenoxy) is 2. The van der Waals surface area contributed by atoms with Gasteiger partial charge in [-0.2, -0.15) is 0 Å². The van der Waals surface area contributed by atoms with Crippen LogP contribution in [-0.4, -0.2) is 54.8 Å². The monoisotopic (exact) mass is 384 g/mol. The molecule has 152 valence electrons. The smallest absolute Gasteiger partial charge is 0.212 e. The molecule has 3 rings (SSSR count). The van der Waals surface area contributed by atoms with Gasteiger partial charge in [-0.25, -0.2) is 9.97 Å². The average molecular weight is 385 g/mol. The van der Waals surface area contributed by atoms with Crippen LogP contribution in [0.2, 0.25) is 0 Å². The van der Waals surface area contributed by atoms with E-state index in [1.165, 1.54) is 73.9 Å². The molecule has 0 aromatic carbocycles. The van der Waals surface area contributed by atoms with Crippen LogP contribution in [0.5, 0.6) is 11.8 Å². The number of methoxy groups -OCH3 is 2. The molecule has 5 nitrogen and oxygen atoms in total. The normalized spacial score (nSPS) is 15.9. The zero-order chi connectivity index (χ0) is 19.7. The minimum atomic E-state index is 0.691. The van der Waals surface area contributed by atoms with Gasteiger partial charge in [-0.3, -0.25) is 0 Å². The first-order valence-corrected chi connectivity index (χ1v) is 10.6. The molecule has 3 heterocycles. The number of rotatable bonds is 10. The third-order valence-electron chi connectivity index (χ3n) is 5.97. The van der Waals surface area contributed by atoms with Crippen molar-refractivity contribution in [3.8, 4) is 11.8 Å². The molecule has 2 aromatic heterocycles. The van der Waals surface area contributed by atoms with E-state index in [0.717, 1.165) is 12.8 Å². The van der Waals surface area contributed by atoms with Gasteiger partial charge in [0.05, 0.1) is 40.4 Å². The molecule has 5 heteroatoms. The van der Waals surface area contributed by atoms with Crippen molar-refractivity contribution in [3.63, 3.8) is 0 Å². The lowest BCUT2D eigenvalue weighted by molar-refractivity contribution is -0.932. The highest BCUT2D eigenvalue weighted by Crippen LogP contribution is 2.22. The molecule has 0 spiro atoms.